The Balaban J connectivity index is 3.29. The highest BCUT2D eigenvalue weighted by Crippen LogP contribution is 2.36. The van der Waals surface area contributed by atoms with Gasteiger partial charge in [0.15, 0.2) is 6.10 Å². The Morgan fingerprint density at radius 1 is 1.33 bits per heavy atom. The third-order valence-corrected chi connectivity index (χ3v) is 2.46. The Labute approximate surface area is 105 Å². The van der Waals surface area contributed by atoms with Crippen molar-refractivity contribution in [2.45, 2.75) is 18.4 Å². The van der Waals surface area contributed by atoms with Gasteiger partial charge in [-0.1, -0.05) is 11.6 Å². The number of hydrogen-bond acceptors (Lipinski definition) is 3. The zero-order valence-electron chi connectivity index (χ0n) is 8.78. The van der Waals surface area contributed by atoms with Crippen molar-refractivity contribution in [2.75, 3.05) is 0 Å². The molecule has 4 nitrogen and oxygen atoms in total. The minimum atomic E-state index is -4.75. The molecule has 1 rings (SSSR count). The molecule has 2 atom stereocenters. The van der Waals surface area contributed by atoms with E-state index in [9.17, 15) is 28.2 Å². The number of nitrogens with two attached hydrogens (primary N) is 1. The second kappa shape index (κ2) is 5.13. The molecule has 2 unspecified atom stereocenters. The SMILES string of the molecule is NC(=O)C(O)C(O)c1cc(Cl)ccc1C(F)(F)F. The number of hydrogen-bond donors (Lipinski definition) is 3. The first kappa shape index (κ1) is 14.7. The summed E-state index contributed by atoms with van der Waals surface area (Å²) in [6.45, 7) is 0. The molecule has 0 radical (unpaired) electrons. The van der Waals surface area contributed by atoms with Gasteiger partial charge in [0.05, 0.1) is 5.56 Å². The van der Waals surface area contributed by atoms with Crippen LogP contribution in [0.3, 0.4) is 0 Å². The maximum absolute atomic E-state index is 12.7. The molecule has 8 heteroatoms. The molecule has 0 aliphatic heterocycles. The van der Waals surface area contributed by atoms with Crippen LogP contribution < -0.4 is 5.73 Å². The lowest BCUT2D eigenvalue weighted by Gasteiger charge is -2.20. The molecule has 18 heavy (non-hydrogen) atoms. The maximum atomic E-state index is 12.7. The van der Waals surface area contributed by atoms with Gasteiger partial charge >= 0.3 is 6.18 Å². The van der Waals surface area contributed by atoms with Gasteiger partial charge in [-0.2, -0.15) is 13.2 Å². The van der Waals surface area contributed by atoms with E-state index in [0.717, 1.165) is 12.1 Å². The molecule has 100 valence electrons. The van der Waals surface area contributed by atoms with E-state index in [1.54, 1.807) is 0 Å². The molecule has 1 aromatic carbocycles. The summed E-state index contributed by atoms with van der Waals surface area (Å²) in [5, 5.41) is 18.6. The van der Waals surface area contributed by atoms with Crippen LogP contribution in [0.1, 0.15) is 17.2 Å². The first-order valence-electron chi connectivity index (χ1n) is 4.66. The summed E-state index contributed by atoms with van der Waals surface area (Å²) in [6.07, 6.45) is -9.00. The number of primary amides is 1. The highest BCUT2D eigenvalue weighted by molar-refractivity contribution is 6.30. The van der Waals surface area contributed by atoms with Crippen LogP contribution in [-0.4, -0.2) is 22.2 Å². The third-order valence-electron chi connectivity index (χ3n) is 2.23. The summed E-state index contributed by atoms with van der Waals surface area (Å²) in [7, 11) is 0. The molecule has 0 aliphatic carbocycles. The van der Waals surface area contributed by atoms with E-state index < -0.39 is 35.4 Å². The molecule has 0 aromatic heterocycles. The lowest BCUT2D eigenvalue weighted by molar-refractivity contribution is -0.142. The molecule has 1 aromatic rings. The number of rotatable bonds is 3. The Bertz CT molecular complexity index is 464. The van der Waals surface area contributed by atoms with Crippen molar-refractivity contribution in [1.82, 2.24) is 0 Å². The van der Waals surface area contributed by atoms with Gasteiger partial charge in [0, 0.05) is 5.02 Å². The second-order valence-corrected chi connectivity index (χ2v) is 3.96. The summed E-state index contributed by atoms with van der Waals surface area (Å²) >= 11 is 5.52. The molecule has 0 heterocycles. The molecule has 0 saturated heterocycles. The number of benzene rings is 1. The number of halogens is 4. The highest BCUT2D eigenvalue weighted by atomic mass is 35.5. The zero-order chi connectivity index (χ0) is 14.1. The highest BCUT2D eigenvalue weighted by Gasteiger charge is 2.37. The van der Waals surface area contributed by atoms with Gasteiger partial charge in [-0.15, -0.1) is 0 Å². The van der Waals surface area contributed by atoms with Gasteiger partial charge in [0.2, 0.25) is 5.91 Å². The van der Waals surface area contributed by atoms with E-state index in [1.807, 2.05) is 0 Å². The normalized spacial score (nSPS) is 15.2. The van der Waals surface area contributed by atoms with Gasteiger partial charge in [-0.05, 0) is 23.8 Å². The first-order valence-corrected chi connectivity index (χ1v) is 5.04. The van der Waals surface area contributed by atoms with Crippen LogP contribution in [0.25, 0.3) is 0 Å². The molecular weight excluding hydrogens is 275 g/mol. The monoisotopic (exact) mass is 283 g/mol. The number of alkyl halides is 3. The van der Waals surface area contributed by atoms with Crippen molar-refractivity contribution < 1.29 is 28.2 Å². The van der Waals surface area contributed by atoms with Crippen LogP contribution >= 0.6 is 11.6 Å². The van der Waals surface area contributed by atoms with E-state index in [1.165, 1.54) is 0 Å². The minimum Gasteiger partial charge on any atom is -0.385 e. The number of carbonyl (C=O) groups excluding carboxylic acids is 1. The summed E-state index contributed by atoms with van der Waals surface area (Å²) in [4.78, 5) is 10.7. The van der Waals surface area contributed by atoms with Crippen LogP contribution in [0.15, 0.2) is 18.2 Å². The lowest BCUT2D eigenvalue weighted by atomic mass is 9.98. The molecule has 0 bridgehead atoms. The van der Waals surface area contributed by atoms with Crippen LogP contribution in [0, 0.1) is 0 Å². The molecule has 0 fully saturated rings. The van der Waals surface area contributed by atoms with Crippen molar-refractivity contribution in [3.8, 4) is 0 Å². The van der Waals surface area contributed by atoms with Crippen molar-refractivity contribution in [3.05, 3.63) is 34.3 Å². The minimum absolute atomic E-state index is 0.0753. The van der Waals surface area contributed by atoms with E-state index in [-0.39, 0.29) is 5.02 Å². The predicted molar refractivity (Wildman–Crippen MR) is 56.6 cm³/mol. The zero-order valence-corrected chi connectivity index (χ0v) is 9.53. The summed E-state index contributed by atoms with van der Waals surface area (Å²) in [5.41, 5.74) is 2.81. The molecule has 1 amide bonds. The topological polar surface area (TPSA) is 83.6 Å². The Morgan fingerprint density at radius 2 is 1.89 bits per heavy atom. The van der Waals surface area contributed by atoms with E-state index >= 15 is 0 Å². The summed E-state index contributed by atoms with van der Waals surface area (Å²) < 4.78 is 38.0. The van der Waals surface area contributed by atoms with Crippen LogP contribution in [0.5, 0.6) is 0 Å². The number of aliphatic hydroxyl groups excluding tert-OH is 2. The van der Waals surface area contributed by atoms with E-state index in [2.05, 4.69) is 0 Å². The average Bonchev–Trinajstić information content (AvgIpc) is 2.25. The quantitative estimate of drug-likeness (QED) is 0.780. The largest absolute Gasteiger partial charge is 0.416 e. The van der Waals surface area contributed by atoms with Crippen molar-refractivity contribution >= 4 is 17.5 Å². The van der Waals surface area contributed by atoms with Gasteiger partial charge in [0.25, 0.3) is 0 Å². The standard InChI is InChI=1S/C10H9ClF3NO3/c11-4-1-2-6(10(12,13)14)5(3-4)7(16)8(17)9(15)18/h1-3,7-8,16-17H,(H2,15,18). The van der Waals surface area contributed by atoms with Crippen molar-refractivity contribution in [2.24, 2.45) is 5.73 Å². The average molecular weight is 284 g/mol. The fourth-order valence-corrected chi connectivity index (χ4v) is 1.54. The summed E-state index contributed by atoms with van der Waals surface area (Å²) in [6, 6.07) is 2.45. The van der Waals surface area contributed by atoms with Crippen LogP contribution in [0.4, 0.5) is 13.2 Å². The number of carbonyl (C=O) groups is 1. The third kappa shape index (κ3) is 3.12. The maximum Gasteiger partial charge on any atom is 0.416 e. The Kier molecular flexibility index (Phi) is 4.20. The van der Waals surface area contributed by atoms with Gasteiger partial charge < -0.3 is 15.9 Å². The number of aliphatic hydroxyl groups is 2. The fraction of sp³-hybridized carbons (Fsp3) is 0.300. The number of amides is 1. The van der Waals surface area contributed by atoms with Crippen LogP contribution in [0.2, 0.25) is 5.02 Å². The van der Waals surface area contributed by atoms with Gasteiger partial charge in [-0.25, -0.2) is 0 Å². The molecular formula is C10H9ClF3NO3. The Hall–Kier alpha value is -1.31. The first-order chi connectivity index (χ1) is 8.14. The van der Waals surface area contributed by atoms with Crippen molar-refractivity contribution in [1.29, 1.82) is 0 Å². The molecule has 0 saturated carbocycles. The second-order valence-electron chi connectivity index (χ2n) is 3.52. The molecule has 4 N–H and O–H groups in total. The molecule has 0 aliphatic rings. The van der Waals surface area contributed by atoms with E-state index in [0.29, 0.717) is 6.07 Å². The lowest BCUT2D eigenvalue weighted by Crippen LogP contribution is -2.34. The molecule has 0 spiro atoms. The van der Waals surface area contributed by atoms with Crippen LogP contribution in [-0.2, 0) is 11.0 Å². The van der Waals surface area contributed by atoms with E-state index in [4.69, 9.17) is 17.3 Å². The van der Waals surface area contributed by atoms with Gasteiger partial charge in [-0.3, -0.25) is 4.79 Å². The summed E-state index contributed by atoms with van der Waals surface area (Å²) in [5.74, 6) is -1.34. The fourth-order valence-electron chi connectivity index (χ4n) is 1.36. The predicted octanol–water partition coefficient (Wildman–Crippen LogP) is 1.24. The smallest absolute Gasteiger partial charge is 0.385 e. The Morgan fingerprint density at radius 3 is 2.33 bits per heavy atom. The van der Waals surface area contributed by atoms with Crippen molar-refractivity contribution in [3.63, 3.8) is 0 Å². The van der Waals surface area contributed by atoms with Gasteiger partial charge in [0.1, 0.15) is 6.10 Å².